The SMILES string of the molecule is CC.CC1(C)c2ccccc2N(c2ccccc2Oc2cc(-c3ccccc3)nc(-c3ccccc3)n2)c2ccccc21. The fourth-order valence-corrected chi connectivity index (χ4v) is 5.72. The molecule has 4 nitrogen and oxygen atoms in total. The number of ether oxygens (including phenoxy) is 1. The summed E-state index contributed by atoms with van der Waals surface area (Å²) < 4.78 is 6.68. The maximum Gasteiger partial charge on any atom is 0.223 e. The van der Waals surface area contributed by atoms with Crippen LogP contribution in [0.3, 0.4) is 0 Å². The molecule has 0 spiro atoms. The van der Waals surface area contributed by atoms with E-state index in [4.69, 9.17) is 14.7 Å². The van der Waals surface area contributed by atoms with Crippen molar-refractivity contribution in [1.82, 2.24) is 9.97 Å². The minimum absolute atomic E-state index is 0.138. The fraction of sp³-hybridized carbons (Fsp3) is 0.128. The molecular formula is C39H35N3O. The van der Waals surface area contributed by atoms with Gasteiger partial charge in [-0.2, -0.15) is 4.98 Å². The van der Waals surface area contributed by atoms with Crippen molar-refractivity contribution < 1.29 is 4.74 Å². The molecule has 1 aliphatic rings. The van der Waals surface area contributed by atoms with Crippen LogP contribution in [0.25, 0.3) is 22.6 Å². The first-order valence-electron chi connectivity index (χ1n) is 14.9. The molecule has 0 N–H and O–H groups in total. The summed E-state index contributed by atoms with van der Waals surface area (Å²) in [6.45, 7) is 8.59. The van der Waals surface area contributed by atoms with Crippen molar-refractivity contribution in [3.63, 3.8) is 0 Å². The smallest absolute Gasteiger partial charge is 0.223 e. The van der Waals surface area contributed by atoms with Crippen LogP contribution in [0.1, 0.15) is 38.8 Å². The fourth-order valence-electron chi connectivity index (χ4n) is 5.72. The first-order chi connectivity index (χ1) is 21.1. The van der Waals surface area contributed by atoms with E-state index in [-0.39, 0.29) is 5.41 Å². The van der Waals surface area contributed by atoms with Gasteiger partial charge in [-0.15, -0.1) is 0 Å². The number of hydrogen-bond acceptors (Lipinski definition) is 4. The average molecular weight is 562 g/mol. The molecule has 1 aliphatic heterocycles. The van der Waals surface area contributed by atoms with E-state index in [9.17, 15) is 0 Å². The van der Waals surface area contributed by atoms with Crippen molar-refractivity contribution in [1.29, 1.82) is 0 Å². The molecule has 0 atom stereocenters. The van der Waals surface area contributed by atoms with Crippen molar-refractivity contribution in [2.75, 3.05) is 4.90 Å². The predicted molar refractivity (Wildman–Crippen MR) is 178 cm³/mol. The molecule has 0 saturated carbocycles. The highest BCUT2D eigenvalue weighted by molar-refractivity contribution is 5.88. The van der Waals surface area contributed by atoms with Crippen LogP contribution in [-0.4, -0.2) is 9.97 Å². The van der Waals surface area contributed by atoms with E-state index in [2.05, 4.69) is 91.5 Å². The number of rotatable bonds is 5. The van der Waals surface area contributed by atoms with E-state index < -0.39 is 0 Å². The molecule has 0 aliphatic carbocycles. The molecule has 0 fully saturated rings. The second-order valence-electron chi connectivity index (χ2n) is 10.7. The van der Waals surface area contributed by atoms with Crippen LogP contribution in [0.15, 0.2) is 140 Å². The summed E-state index contributed by atoms with van der Waals surface area (Å²) in [4.78, 5) is 12.1. The standard InChI is InChI=1S/C37H29N3O.C2H6/c1-37(2)28-19-9-11-21-31(28)40(32-22-12-10-20-29(32)37)33-23-13-14-24-34(33)41-35-25-30(26-15-5-3-6-16-26)38-36(39-35)27-17-7-4-8-18-27;1-2/h3-25H,1-2H3;1-2H3. The summed E-state index contributed by atoms with van der Waals surface area (Å²) in [5, 5.41) is 0. The Morgan fingerprint density at radius 2 is 1.02 bits per heavy atom. The molecule has 0 radical (unpaired) electrons. The van der Waals surface area contributed by atoms with Gasteiger partial charge in [-0.3, -0.25) is 0 Å². The van der Waals surface area contributed by atoms with Crippen molar-refractivity contribution in [3.05, 3.63) is 151 Å². The minimum atomic E-state index is -0.138. The van der Waals surface area contributed by atoms with Gasteiger partial charge in [-0.25, -0.2) is 4.98 Å². The zero-order valence-corrected chi connectivity index (χ0v) is 25.0. The maximum absolute atomic E-state index is 6.68. The number of para-hydroxylation sites is 4. The van der Waals surface area contributed by atoms with Crippen molar-refractivity contribution >= 4 is 17.1 Å². The molecule has 0 saturated heterocycles. The lowest BCUT2D eigenvalue weighted by molar-refractivity contribution is 0.463. The van der Waals surface area contributed by atoms with Crippen molar-refractivity contribution in [3.8, 4) is 34.3 Å². The topological polar surface area (TPSA) is 38.2 Å². The zero-order valence-electron chi connectivity index (χ0n) is 25.0. The predicted octanol–water partition coefficient (Wildman–Crippen LogP) is 10.7. The highest BCUT2D eigenvalue weighted by atomic mass is 16.5. The molecule has 0 amide bonds. The number of nitrogens with zero attached hydrogens (tertiary/aromatic N) is 3. The van der Waals surface area contributed by atoms with E-state index >= 15 is 0 Å². The molecule has 0 bridgehead atoms. The van der Waals surface area contributed by atoms with Crippen molar-refractivity contribution in [2.45, 2.75) is 33.1 Å². The van der Waals surface area contributed by atoms with E-state index in [0.717, 1.165) is 33.9 Å². The van der Waals surface area contributed by atoms with Crippen LogP contribution >= 0.6 is 0 Å². The molecule has 212 valence electrons. The van der Waals surface area contributed by atoms with Gasteiger partial charge < -0.3 is 9.64 Å². The molecule has 2 heterocycles. The third-order valence-electron chi connectivity index (χ3n) is 7.76. The Bertz CT molecular complexity index is 1740. The molecule has 5 aromatic carbocycles. The van der Waals surface area contributed by atoms with Gasteiger partial charge in [-0.05, 0) is 35.4 Å². The number of aromatic nitrogens is 2. The van der Waals surface area contributed by atoms with Gasteiger partial charge in [-0.1, -0.05) is 137 Å². The first-order valence-corrected chi connectivity index (χ1v) is 14.9. The summed E-state index contributed by atoms with van der Waals surface area (Å²) in [7, 11) is 0. The van der Waals surface area contributed by atoms with E-state index in [1.165, 1.54) is 11.1 Å². The van der Waals surface area contributed by atoms with Crippen LogP contribution < -0.4 is 9.64 Å². The van der Waals surface area contributed by atoms with Crippen LogP contribution in [-0.2, 0) is 5.41 Å². The summed E-state index contributed by atoms with van der Waals surface area (Å²) in [5.74, 6) is 1.83. The Labute approximate surface area is 254 Å². The van der Waals surface area contributed by atoms with Crippen LogP contribution in [0, 0.1) is 0 Å². The van der Waals surface area contributed by atoms with Gasteiger partial charge in [0.25, 0.3) is 0 Å². The molecule has 1 aromatic heterocycles. The van der Waals surface area contributed by atoms with E-state index in [1.807, 2.05) is 80.6 Å². The minimum Gasteiger partial charge on any atom is -0.437 e. The second-order valence-corrected chi connectivity index (χ2v) is 10.7. The molecule has 7 rings (SSSR count). The monoisotopic (exact) mass is 561 g/mol. The lowest BCUT2D eigenvalue weighted by atomic mass is 9.73. The molecule has 43 heavy (non-hydrogen) atoms. The maximum atomic E-state index is 6.68. The van der Waals surface area contributed by atoms with Gasteiger partial charge >= 0.3 is 0 Å². The average Bonchev–Trinajstić information content (AvgIpc) is 3.07. The highest BCUT2D eigenvalue weighted by Crippen LogP contribution is 2.53. The Balaban J connectivity index is 0.00000161. The second kappa shape index (κ2) is 11.9. The van der Waals surface area contributed by atoms with Crippen molar-refractivity contribution in [2.24, 2.45) is 0 Å². The Kier molecular flexibility index (Phi) is 7.76. The molecule has 4 heteroatoms. The summed E-state index contributed by atoms with van der Waals surface area (Å²) >= 11 is 0. The Morgan fingerprint density at radius 3 is 1.63 bits per heavy atom. The van der Waals surface area contributed by atoms with Gasteiger partial charge in [0.1, 0.15) is 0 Å². The van der Waals surface area contributed by atoms with Crippen LogP contribution in [0.2, 0.25) is 0 Å². The van der Waals surface area contributed by atoms with Crippen LogP contribution in [0.5, 0.6) is 11.6 Å². The lowest BCUT2D eigenvalue weighted by Gasteiger charge is -2.42. The lowest BCUT2D eigenvalue weighted by Crippen LogP contribution is -2.30. The van der Waals surface area contributed by atoms with Crippen LogP contribution in [0.4, 0.5) is 17.1 Å². The number of anilines is 3. The van der Waals surface area contributed by atoms with E-state index in [1.54, 1.807) is 0 Å². The van der Waals surface area contributed by atoms with Gasteiger partial charge in [0.15, 0.2) is 11.6 Å². The summed E-state index contributed by atoms with van der Waals surface area (Å²) in [6, 6.07) is 47.5. The molecule has 0 unspecified atom stereocenters. The molecule has 6 aromatic rings. The zero-order chi connectivity index (χ0) is 29.8. The number of hydrogen-bond donors (Lipinski definition) is 0. The van der Waals surface area contributed by atoms with Gasteiger partial charge in [0, 0.05) is 22.6 Å². The quantitative estimate of drug-likeness (QED) is 0.210. The summed E-state index contributed by atoms with van der Waals surface area (Å²) in [5.41, 5.74) is 8.39. The van der Waals surface area contributed by atoms with Gasteiger partial charge in [0.2, 0.25) is 5.88 Å². The number of fused-ring (bicyclic) bond motifs is 2. The Hall–Kier alpha value is -5.22. The third kappa shape index (κ3) is 5.28. The largest absolute Gasteiger partial charge is 0.437 e. The summed E-state index contributed by atoms with van der Waals surface area (Å²) in [6.07, 6.45) is 0. The molecular weight excluding hydrogens is 526 g/mol. The normalized spacial score (nSPS) is 12.8. The third-order valence-corrected chi connectivity index (χ3v) is 7.76. The highest BCUT2D eigenvalue weighted by Gasteiger charge is 2.37. The van der Waals surface area contributed by atoms with E-state index in [0.29, 0.717) is 17.5 Å². The first kappa shape index (κ1) is 27.9. The Morgan fingerprint density at radius 1 is 0.535 bits per heavy atom. The number of benzene rings is 5. The van der Waals surface area contributed by atoms with Gasteiger partial charge in [0.05, 0.1) is 22.8 Å².